The molecule has 3 aliphatic rings. The van der Waals surface area contributed by atoms with Crippen molar-refractivity contribution in [1.82, 2.24) is 5.32 Å². The van der Waals surface area contributed by atoms with Gasteiger partial charge in [-0.2, -0.15) is 13.2 Å². The van der Waals surface area contributed by atoms with Crippen molar-refractivity contribution < 1.29 is 51.9 Å². The number of aromatic hydroxyl groups is 2. The number of ether oxygens (including phenoxy) is 4. The van der Waals surface area contributed by atoms with Gasteiger partial charge in [-0.05, 0) is 85.3 Å². The second-order valence-corrected chi connectivity index (χ2v) is 15.6. The van der Waals surface area contributed by atoms with E-state index >= 15 is 0 Å². The first-order chi connectivity index (χ1) is 27.7. The average Bonchev–Trinajstić information content (AvgIpc) is 3.17. The zero-order chi connectivity index (χ0) is 41.4. The van der Waals surface area contributed by atoms with Gasteiger partial charge in [-0.1, -0.05) is 65.8 Å². The van der Waals surface area contributed by atoms with Crippen LogP contribution in [0, 0.1) is 0 Å². The van der Waals surface area contributed by atoms with Crippen LogP contribution < -0.4 is 5.32 Å². The highest BCUT2D eigenvalue weighted by molar-refractivity contribution is 6.09. The molecular formula is C43H45F3N4O8. The van der Waals surface area contributed by atoms with E-state index in [1.165, 1.54) is 6.92 Å². The third-order valence-corrected chi connectivity index (χ3v) is 11.5. The van der Waals surface area contributed by atoms with Crippen LogP contribution in [0.25, 0.3) is 21.2 Å². The third-order valence-electron chi connectivity index (χ3n) is 11.5. The quantitative estimate of drug-likeness (QED) is 0.0811. The monoisotopic (exact) mass is 802 g/mol. The van der Waals surface area contributed by atoms with Crippen molar-refractivity contribution in [2.24, 2.45) is 5.11 Å². The van der Waals surface area contributed by atoms with Crippen LogP contribution in [0.2, 0.25) is 0 Å². The predicted octanol–water partition coefficient (Wildman–Crippen LogP) is 8.76. The number of halogens is 3. The maximum atomic E-state index is 13.9. The number of nitrogens with one attached hydrogen (secondary N) is 1. The molecule has 0 unspecified atom stereocenters. The number of ketones is 1. The number of hydrogen-bond donors (Lipinski definition) is 3. The van der Waals surface area contributed by atoms with Gasteiger partial charge in [-0.15, -0.1) is 0 Å². The SMILES string of the molecule is C[C@@H]1O[C@H](c2cc([C@H]3C[C@@H](N=[N+]=[N-])[C@H](OCc4ccccc4)[C@@H](C)O3)c(O)c3c(O)c4c(cc23)CCCC4=O)C[C@](C)(NC(=O)C(F)(F)F)[C@@H]1OCc1ccccc1. The lowest BCUT2D eigenvalue weighted by molar-refractivity contribution is -0.196. The molecule has 8 atom stereocenters. The molecule has 1 aliphatic carbocycles. The largest absolute Gasteiger partial charge is 0.507 e. The molecule has 306 valence electrons. The Bertz CT molecular complexity index is 2220. The first kappa shape index (κ1) is 41.0. The van der Waals surface area contributed by atoms with E-state index in [4.69, 9.17) is 18.9 Å². The minimum Gasteiger partial charge on any atom is -0.507 e. The Morgan fingerprint density at radius 2 is 1.57 bits per heavy atom. The number of carbonyl (C=O) groups excluding carboxylic acids is 2. The molecule has 1 amide bonds. The van der Waals surface area contributed by atoms with Gasteiger partial charge in [0.1, 0.15) is 17.6 Å². The Hall–Kier alpha value is -5.18. The van der Waals surface area contributed by atoms with Crippen molar-refractivity contribution in [3.8, 4) is 11.5 Å². The van der Waals surface area contributed by atoms with Gasteiger partial charge >= 0.3 is 12.1 Å². The van der Waals surface area contributed by atoms with Crippen LogP contribution in [0.5, 0.6) is 11.5 Å². The van der Waals surface area contributed by atoms with Crippen molar-refractivity contribution in [3.05, 3.63) is 117 Å². The zero-order valence-corrected chi connectivity index (χ0v) is 32.2. The molecule has 7 rings (SSSR count). The van der Waals surface area contributed by atoms with Crippen LogP contribution in [-0.4, -0.2) is 64.1 Å². The summed E-state index contributed by atoms with van der Waals surface area (Å²) in [5, 5.41) is 30.4. The first-order valence-electron chi connectivity index (χ1n) is 19.3. The molecule has 4 aromatic carbocycles. The summed E-state index contributed by atoms with van der Waals surface area (Å²) in [7, 11) is 0. The molecule has 0 spiro atoms. The lowest BCUT2D eigenvalue weighted by Crippen LogP contribution is -2.64. The number of rotatable bonds is 10. The molecular weight excluding hydrogens is 757 g/mol. The van der Waals surface area contributed by atoms with E-state index in [-0.39, 0.29) is 60.5 Å². The second-order valence-electron chi connectivity index (χ2n) is 15.6. The van der Waals surface area contributed by atoms with Gasteiger partial charge in [-0.3, -0.25) is 9.59 Å². The lowest BCUT2D eigenvalue weighted by atomic mass is 9.78. The summed E-state index contributed by atoms with van der Waals surface area (Å²) >= 11 is 0. The summed E-state index contributed by atoms with van der Waals surface area (Å²) in [5.41, 5.74) is 10.8. The Morgan fingerprint density at radius 1 is 0.931 bits per heavy atom. The van der Waals surface area contributed by atoms with Crippen LogP contribution in [0.15, 0.2) is 77.9 Å². The van der Waals surface area contributed by atoms with Gasteiger partial charge in [0, 0.05) is 23.3 Å². The first-order valence-corrected chi connectivity index (χ1v) is 19.3. The molecule has 0 bridgehead atoms. The van der Waals surface area contributed by atoms with Crippen LogP contribution in [0.4, 0.5) is 13.2 Å². The van der Waals surface area contributed by atoms with Crippen molar-refractivity contribution in [3.63, 3.8) is 0 Å². The summed E-state index contributed by atoms with van der Waals surface area (Å²) in [5.74, 6) is -3.24. The van der Waals surface area contributed by atoms with E-state index in [1.807, 2.05) is 48.5 Å². The number of benzene rings is 4. The Kier molecular flexibility index (Phi) is 11.7. The number of amides is 1. The maximum Gasteiger partial charge on any atom is 0.471 e. The van der Waals surface area contributed by atoms with E-state index in [0.29, 0.717) is 29.4 Å². The van der Waals surface area contributed by atoms with Crippen LogP contribution >= 0.6 is 0 Å². The fraction of sp³-hybridized carbons (Fsp3) is 0.442. The Balaban J connectivity index is 1.31. The molecule has 2 heterocycles. The Morgan fingerprint density at radius 3 is 2.21 bits per heavy atom. The predicted molar refractivity (Wildman–Crippen MR) is 206 cm³/mol. The molecule has 0 saturated carbocycles. The average molecular weight is 803 g/mol. The number of azide groups is 1. The minimum absolute atomic E-state index is 0.0291. The van der Waals surface area contributed by atoms with Gasteiger partial charge in [-0.25, -0.2) is 0 Å². The summed E-state index contributed by atoms with van der Waals surface area (Å²) in [6.07, 6.45) is -9.38. The van der Waals surface area contributed by atoms with E-state index in [9.17, 15) is 38.5 Å². The van der Waals surface area contributed by atoms with Crippen molar-refractivity contribution in [2.75, 3.05) is 0 Å². The maximum absolute atomic E-state index is 13.9. The molecule has 0 aromatic heterocycles. The normalized spacial score (nSPS) is 27.4. The van der Waals surface area contributed by atoms with E-state index in [1.54, 1.807) is 38.1 Å². The highest BCUT2D eigenvalue weighted by atomic mass is 19.4. The molecule has 2 aliphatic heterocycles. The summed E-state index contributed by atoms with van der Waals surface area (Å²) in [4.78, 5) is 28.9. The van der Waals surface area contributed by atoms with Gasteiger partial charge in [0.05, 0.1) is 66.3 Å². The van der Waals surface area contributed by atoms with Gasteiger partial charge in [0.2, 0.25) is 0 Å². The summed E-state index contributed by atoms with van der Waals surface area (Å²) in [6, 6.07) is 21.1. The third kappa shape index (κ3) is 8.23. The van der Waals surface area contributed by atoms with Crippen LogP contribution in [0.1, 0.15) is 96.8 Å². The fourth-order valence-electron chi connectivity index (χ4n) is 8.80. The number of fused-ring (bicyclic) bond motifs is 2. The summed E-state index contributed by atoms with van der Waals surface area (Å²) < 4.78 is 67.1. The molecule has 15 heteroatoms. The number of nitrogens with zero attached hydrogens (tertiary/aromatic N) is 3. The van der Waals surface area contributed by atoms with E-state index in [0.717, 1.165) is 11.1 Å². The van der Waals surface area contributed by atoms with Crippen molar-refractivity contribution in [2.45, 2.75) is 120 Å². The fourth-order valence-corrected chi connectivity index (χ4v) is 8.80. The number of phenolic OH excluding ortho intramolecular Hbond substituents is 2. The van der Waals surface area contributed by atoms with E-state index in [2.05, 4.69) is 15.3 Å². The van der Waals surface area contributed by atoms with Gasteiger partial charge < -0.3 is 34.5 Å². The van der Waals surface area contributed by atoms with Gasteiger partial charge in [0.25, 0.3) is 0 Å². The number of aryl methyl sites for hydroxylation is 1. The molecule has 2 saturated heterocycles. The smallest absolute Gasteiger partial charge is 0.471 e. The highest BCUT2D eigenvalue weighted by Gasteiger charge is 2.52. The summed E-state index contributed by atoms with van der Waals surface area (Å²) in [6.45, 7) is 5.13. The number of hydrogen-bond acceptors (Lipinski definition) is 9. The number of Topliss-reactive ketones (excluding diaryl/α,β-unsaturated/α-hetero) is 1. The standard InChI is InChI=1S/C43H45F3N4O8/c1-23-39(55-21-25-11-6-4-7-12-25)31(49-50-47)19-33(57-23)30-18-28(29-17-27-15-10-16-32(51)35(27)38(53)36(29)37(30)52)34-20-42(3,48-41(54)43(44,45)46)40(24(2)58-34)56-22-26-13-8-5-9-14-26/h4-9,11-14,17-18,23-24,31,33-34,39-40,52-53H,10,15-16,19-22H2,1-3H3,(H,48,54)/t23-,24+,31-,33-,34+,39-,40-,42+/m1/s1. The van der Waals surface area contributed by atoms with Crippen molar-refractivity contribution >= 4 is 22.5 Å². The molecule has 0 radical (unpaired) electrons. The molecule has 3 N–H and O–H groups in total. The highest BCUT2D eigenvalue weighted by Crippen LogP contribution is 2.51. The number of carbonyl (C=O) groups is 2. The lowest BCUT2D eigenvalue weighted by Gasteiger charge is -2.48. The number of phenols is 2. The Labute approximate surface area is 332 Å². The van der Waals surface area contributed by atoms with Gasteiger partial charge in [0.15, 0.2) is 5.78 Å². The van der Waals surface area contributed by atoms with Crippen LogP contribution in [-0.2, 0) is 43.4 Å². The number of alkyl halides is 3. The van der Waals surface area contributed by atoms with Crippen LogP contribution in [0.3, 0.4) is 0 Å². The zero-order valence-electron chi connectivity index (χ0n) is 32.2. The molecule has 12 nitrogen and oxygen atoms in total. The molecule has 2 fully saturated rings. The van der Waals surface area contributed by atoms with Crippen molar-refractivity contribution in [1.29, 1.82) is 0 Å². The van der Waals surface area contributed by atoms with E-state index < -0.39 is 66.0 Å². The second kappa shape index (κ2) is 16.6. The molecule has 4 aromatic rings. The minimum atomic E-state index is -5.19. The molecule has 58 heavy (non-hydrogen) atoms. The topological polar surface area (TPSA) is 172 Å².